The lowest BCUT2D eigenvalue weighted by molar-refractivity contribution is -0.385. The zero-order valence-corrected chi connectivity index (χ0v) is 19.8. The third kappa shape index (κ3) is 4.41. The van der Waals surface area contributed by atoms with Gasteiger partial charge in [0.25, 0.3) is 5.69 Å². The summed E-state index contributed by atoms with van der Waals surface area (Å²) in [5.41, 5.74) is 2.06. The summed E-state index contributed by atoms with van der Waals surface area (Å²) in [6.07, 6.45) is 1.27. The number of hydrogen-bond acceptors (Lipinski definition) is 9. The predicted molar refractivity (Wildman–Crippen MR) is 134 cm³/mol. The average Bonchev–Trinajstić information content (AvgIpc) is 3.55. The maximum absolute atomic E-state index is 11.6. The molecule has 0 fully saturated rings. The molecule has 0 unspecified atom stereocenters. The topological polar surface area (TPSA) is 129 Å². The Labute approximate surface area is 211 Å². The Morgan fingerprint density at radius 1 is 0.973 bits per heavy atom. The van der Waals surface area contributed by atoms with Crippen LogP contribution < -0.4 is 18.9 Å². The zero-order valence-electron chi connectivity index (χ0n) is 19.8. The maximum atomic E-state index is 11.6. The van der Waals surface area contributed by atoms with E-state index in [1.165, 1.54) is 18.3 Å². The second-order valence-corrected chi connectivity index (χ2v) is 7.83. The molecule has 0 atom stereocenters. The van der Waals surface area contributed by atoms with Gasteiger partial charge in [-0.15, -0.1) is 0 Å². The Kier molecular flexibility index (Phi) is 6.18. The second-order valence-electron chi connectivity index (χ2n) is 7.83. The van der Waals surface area contributed by atoms with Gasteiger partial charge in [-0.2, -0.15) is 5.26 Å². The van der Waals surface area contributed by atoms with Crippen LogP contribution >= 0.6 is 0 Å². The highest BCUT2D eigenvalue weighted by Crippen LogP contribution is 2.44. The van der Waals surface area contributed by atoms with Crippen LogP contribution in [0.2, 0.25) is 0 Å². The summed E-state index contributed by atoms with van der Waals surface area (Å²) in [5, 5.41) is 21.7. The van der Waals surface area contributed by atoms with Gasteiger partial charge in [-0.1, -0.05) is 12.1 Å². The molecular formula is C27H19N3O7. The fraction of sp³-hybridized carbons (Fsp3) is 0.111. The zero-order chi connectivity index (χ0) is 25.9. The van der Waals surface area contributed by atoms with Crippen LogP contribution in [0.5, 0.6) is 23.0 Å². The third-order valence-electron chi connectivity index (χ3n) is 5.77. The van der Waals surface area contributed by atoms with E-state index in [2.05, 4.69) is 11.1 Å². The van der Waals surface area contributed by atoms with Crippen LogP contribution in [0.25, 0.3) is 22.5 Å². The molecule has 0 bridgehead atoms. The fourth-order valence-electron chi connectivity index (χ4n) is 3.93. The molecule has 10 nitrogen and oxygen atoms in total. The van der Waals surface area contributed by atoms with Crippen molar-refractivity contribution in [2.75, 3.05) is 21.0 Å². The van der Waals surface area contributed by atoms with Gasteiger partial charge in [-0.3, -0.25) is 10.1 Å². The Morgan fingerprint density at radius 2 is 1.57 bits per heavy atom. The maximum Gasteiger partial charge on any atom is 0.282 e. The Hall–Kier alpha value is -5.30. The van der Waals surface area contributed by atoms with Gasteiger partial charge in [0.2, 0.25) is 12.7 Å². The van der Waals surface area contributed by atoms with E-state index in [-0.39, 0.29) is 35.2 Å². The smallest absolute Gasteiger partial charge is 0.282 e. The van der Waals surface area contributed by atoms with Crippen LogP contribution in [0, 0.1) is 21.4 Å². The predicted octanol–water partition coefficient (Wildman–Crippen LogP) is 5.89. The summed E-state index contributed by atoms with van der Waals surface area (Å²) < 4.78 is 27.2. The second kappa shape index (κ2) is 9.75. The number of methoxy groups -OCH3 is 2. The van der Waals surface area contributed by atoms with E-state index in [9.17, 15) is 15.4 Å². The number of aliphatic imine (C=N–C) groups is 1. The molecular weight excluding hydrogens is 478 g/mol. The van der Waals surface area contributed by atoms with Crippen molar-refractivity contribution in [2.45, 2.75) is 0 Å². The number of hydrogen-bond donors (Lipinski definition) is 0. The number of furan rings is 1. The van der Waals surface area contributed by atoms with Crippen LogP contribution in [-0.4, -0.2) is 32.2 Å². The van der Waals surface area contributed by atoms with E-state index in [1.807, 2.05) is 24.3 Å². The van der Waals surface area contributed by atoms with Crippen LogP contribution in [0.1, 0.15) is 11.1 Å². The number of nitro groups is 1. The van der Waals surface area contributed by atoms with E-state index < -0.39 is 4.92 Å². The van der Waals surface area contributed by atoms with E-state index in [0.717, 1.165) is 0 Å². The SMILES string of the molecule is COc1ccc(-c2oc(N=Cc3cc4c(cc3[N+](=O)[O-])OCO4)c(C#N)c2-c2ccc(OC)cc2)cc1. The van der Waals surface area contributed by atoms with Crippen molar-refractivity contribution in [1.29, 1.82) is 5.26 Å². The standard InChI is InChI=1S/C27H19N3O7/c1-33-19-7-3-16(4-8-19)25-21(13-28)27(37-26(25)17-5-9-20(34-2)10-6-17)29-14-18-11-23-24(36-15-35-23)12-22(18)30(31)32/h3-12,14H,15H2,1-2H3. The Morgan fingerprint density at radius 3 is 2.14 bits per heavy atom. The molecule has 10 heteroatoms. The molecule has 1 aliphatic heterocycles. The van der Waals surface area contributed by atoms with Crippen molar-refractivity contribution < 1.29 is 28.3 Å². The van der Waals surface area contributed by atoms with Gasteiger partial charge in [-0.25, -0.2) is 4.99 Å². The van der Waals surface area contributed by atoms with Crippen molar-refractivity contribution in [3.8, 4) is 51.5 Å². The molecule has 37 heavy (non-hydrogen) atoms. The highest BCUT2D eigenvalue weighted by atomic mass is 16.7. The lowest BCUT2D eigenvalue weighted by Gasteiger charge is -2.06. The van der Waals surface area contributed by atoms with E-state index in [1.54, 1.807) is 38.5 Å². The lowest BCUT2D eigenvalue weighted by Crippen LogP contribution is -1.94. The first-order valence-electron chi connectivity index (χ1n) is 11.0. The molecule has 4 aromatic rings. The van der Waals surface area contributed by atoms with Crippen molar-refractivity contribution in [3.63, 3.8) is 0 Å². The van der Waals surface area contributed by atoms with Crippen molar-refractivity contribution in [2.24, 2.45) is 4.99 Å². The number of nitro benzene ring substituents is 1. The molecule has 5 rings (SSSR count). The summed E-state index contributed by atoms with van der Waals surface area (Å²) in [6.45, 7) is -0.0275. The Bertz CT molecular complexity index is 1550. The van der Waals surface area contributed by atoms with Gasteiger partial charge in [-0.05, 0) is 48.0 Å². The average molecular weight is 497 g/mol. The van der Waals surface area contributed by atoms with Gasteiger partial charge >= 0.3 is 0 Å². The van der Waals surface area contributed by atoms with E-state index >= 15 is 0 Å². The fourth-order valence-corrected chi connectivity index (χ4v) is 3.93. The summed E-state index contributed by atoms with van der Waals surface area (Å²) in [5.74, 6) is 2.39. The number of nitriles is 1. The number of nitrogens with zero attached hydrogens (tertiary/aromatic N) is 3. The third-order valence-corrected chi connectivity index (χ3v) is 5.77. The quantitative estimate of drug-likeness (QED) is 0.176. The van der Waals surface area contributed by atoms with Crippen molar-refractivity contribution >= 4 is 17.8 Å². The van der Waals surface area contributed by atoms with Crippen LogP contribution in [0.4, 0.5) is 11.6 Å². The van der Waals surface area contributed by atoms with Gasteiger partial charge in [0, 0.05) is 17.3 Å². The van der Waals surface area contributed by atoms with Crippen LogP contribution in [0.15, 0.2) is 70.1 Å². The summed E-state index contributed by atoms with van der Waals surface area (Å²) in [6, 6.07) is 19.3. The molecule has 0 amide bonds. The molecule has 0 aliphatic carbocycles. The summed E-state index contributed by atoms with van der Waals surface area (Å²) in [4.78, 5) is 15.5. The minimum atomic E-state index is -0.539. The first-order valence-corrected chi connectivity index (χ1v) is 11.0. The van der Waals surface area contributed by atoms with Crippen LogP contribution in [0.3, 0.4) is 0 Å². The molecule has 0 spiro atoms. The first-order chi connectivity index (χ1) is 18.0. The van der Waals surface area contributed by atoms with Gasteiger partial charge in [0.15, 0.2) is 11.5 Å². The molecule has 3 aromatic carbocycles. The monoisotopic (exact) mass is 497 g/mol. The first kappa shape index (κ1) is 23.4. The summed E-state index contributed by atoms with van der Waals surface area (Å²) in [7, 11) is 3.14. The molecule has 1 aliphatic rings. The van der Waals surface area contributed by atoms with Gasteiger partial charge < -0.3 is 23.4 Å². The van der Waals surface area contributed by atoms with Crippen molar-refractivity contribution in [3.05, 3.63) is 81.9 Å². The van der Waals surface area contributed by atoms with E-state index in [4.69, 9.17) is 23.4 Å². The number of ether oxygens (including phenoxy) is 4. The molecule has 1 aromatic heterocycles. The minimum absolute atomic E-state index is 0.00565. The highest BCUT2D eigenvalue weighted by Gasteiger charge is 2.25. The normalized spacial score (nSPS) is 11.9. The molecule has 0 radical (unpaired) electrons. The van der Waals surface area contributed by atoms with Crippen molar-refractivity contribution in [1.82, 2.24) is 0 Å². The minimum Gasteiger partial charge on any atom is -0.497 e. The van der Waals surface area contributed by atoms with Gasteiger partial charge in [0.1, 0.15) is 28.9 Å². The number of fused-ring (bicyclic) bond motifs is 1. The molecule has 2 heterocycles. The number of rotatable bonds is 7. The summed E-state index contributed by atoms with van der Waals surface area (Å²) >= 11 is 0. The van der Waals surface area contributed by atoms with Gasteiger partial charge in [0.05, 0.1) is 30.8 Å². The molecule has 184 valence electrons. The Balaban J connectivity index is 1.65. The molecule has 0 saturated heterocycles. The largest absolute Gasteiger partial charge is 0.497 e. The van der Waals surface area contributed by atoms with Crippen LogP contribution in [-0.2, 0) is 0 Å². The lowest BCUT2D eigenvalue weighted by atomic mass is 9.98. The number of benzene rings is 3. The highest BCUT2D eigenvalue weighted by molar-refractivity contribution is 5.92. The van der Waals surface area contributed by atoms with E-state index in [0.29, 0.717) is 39.7 Å². The molecule has 0 saturated carbocycles. The molecule has 0 N–H and O–H groups in total.